The fourth-order valence-electron chi connectivity index (χ4n) is 3.26. The second kappa shape index (κ2) is 6.92. The smallest absolute Gasteiger partial charge is 0.407 e. The van der Waals surface area contributed by atoms with Gasteiger partial charge in [-0.1, -0.05) is 11.6 Å². The number of rotatable bonds is 3. The number of hydrogen-bond donors (Lipinski definition) is 2. The number of carboxylic acid groups (broad SMARTS) is 1. The van der Waals surface area contributed by atoms with Gasteiger partial charge in [-0.3, -0.25) is 0 Å². The molecule has 140 valence electrons. The third kappa shape index (κ3) is 3.45. The van der Waals surface area contributed by atoms with Gasteiger partial charge in [-0.15, -0.1) is 0 Å². The summed E-state index contributed by atoms with van der Waals surface area (Å²) in [6.45, 7) is 3.60. The molecule has 1 aliphatic heterocycles. The lowest BCUT2D eigenvalue weighted by atomic mass is 10.2. The maximum absolute atomic E-state index is 11.1. The summed E-state index contributed by atoms with van der Waals surface area (Å²) in [6.07, 6.45) is 4.28. The Hall–Kier alpha value is -3.07. The van der Waals surface area contributed by atoms with Crippen molar-refractivity contribution in [2.24, 2.45) is 0 Å². The standard InChI is InChI=1S/C17H18ClN7O2/c1-11-10-23(17(26)27)6-7-24(11)12-2-3-15(20-9-12)21-13-8-14(18)22-25-5-4-19-16(13)25/h2-5,8-9,11H,6-7,10H2,1H3,(H,20,21)(H,26,27). The number of nitrogens with one attached hydrogen (secondary N) is 1. The van der Waals surface area contributed by atoms with E-state index in [9.17, 15) is 4.79 Å². The second-order valence-corrected chi connectivity index (χ2v) is 6.76. The van der Waals surface area contributed by atoms with Crippen LogP contribution in [0.25, 0.3) is 5.65 Å². The third-order valence-electron chi connectivity index (χ3n) is 4.57. The molecular formula is C17H18ClN7O2. The highest BCUT2D eigenvalue weighted by Crippen LogP contribution is 2.25. The molecule has 1 fully saturated rings. The zero-order chi connectivity index (χ0) is 19.0. The largest absolute Gasteiger partial charge is 0.465 e. The maximum Gasteiger partial charge on any atom is 0.407 e. The van der Waals surface area contributed by atoms with Crippen LogP contribution in [0.3, 0.4) is 0 Å². The molecule has 27 heavy (non-hydrogen) atoms. The second-order valence-electron chi connectivity index (χ2n) is 6.37. The molecule has 4 rings (SSSR count). The number of nitrogens with zero attached hydrogens (tertiary/aromatic N) is 6. The summed E-state index contributed by atoms with van der Waals surface area (Å²) >= 11 is 6.05. The number of pyridine rings is 1. The van der Waals surface area contributed by atoms with E-state index < -0.39 is 6.09 Å². The summed E-state index contributed by atoms with van der Waals surface area (Å²) < 4.78 is 1.60. The Bertz CT molecular complexity index is 975. The van der Waals surface area contributed by atoms with E-state index in [4.69, 9.17) is 16.7 Å². The van der Waals surface area contributed by atoms with E-state index in [1.807, 2.05) is 19.1 Å². The van der Waals surface area contributed by atoms with Crippen molar-refractivity contribution in [1.82, 2.24) is 24.5 Å². The molecule has 3 aromatic rings. The maximum atomic E-state index is 11.1. The molecule has 3 aromatic heterocycles. The van der Waals surface area contributed by atoms with Crippen molar-refractivity contribution in [3.63, 3.8) is 0 Å². The van der Waals surface area contributed by atoms with Crippen LogP contribution in [0.2, 0.25) is 5.15 Å². The minimum absolute atomic E-state index is 0.0824. The molecular weight excluding hydrogens is 370 g/mol. The van der Waals surface area contributed by atoms with Crippen LogP contribution < -0.4 is 10.2 Å². The lowest BCUT2D eigenvalue weighted by Gasteiger charge is -2.39. The Morgan fingerprint density at radius 3 is 2.89 bits per heavy atom. The molecule has 2 N–H and O–H groups in total. The first-order chi connectivity index (χ1) is 13.0. The van der Waals surface area contributed by atoms with Crippen molar-refractivity contribution in [3.8, 4) is 0 Å². The number of halogens is 1. The van der Waals surface area contributed by atoms with Crippen molar-refractivity contribution in [1.29, 1.82) is 0 Å². The molecule has 1 amide bonds. The summed E-state index contributed by atoms with van der Waals surface area (Å²) in [5.74, 6) is 0.655. The zero-order valence-corrected chi connectivity index (χ0v) is 15.3. The summed E-state index contributed by atoms with van der Waals surface area (Å²) in [6, 6.07) is 5.62. The van der Waals surface area contributed by atoms with E-state index >= 15 is 0 Å². The molecule has 1 aliphatic rings. The van der Waals surface area contributed by atoms with Crippen LogP contribution in [0.4, 0.5) is 22.0 Å². The molecule has 0 saturated carbocycles. The van der Waals surface area contributed by atoms with E-state index in [2.05, 4.69) is 25.3 Å². The van der Waals surface area contributed by atoms with Gasteiger partial charge in [0.25, 0.3) is 0 Å². The number of hydrogen-bond acceptors (Lipinski definition) is 6. The summed E-state index contributed by atoms with van der Waals surface area (Å²) in [5.41, 5.74) is 2.32. The Kier molecular flexibility index (Phi) is 4.44. The van der Waals surface area contributed by atoms with Crippen LogP contribution >= 0.6 is 11.6 Å². The molecule has 1 unspecified atom stereocenters. The first-order valence-corrected chi connectivity index (χ1v) is 8.86. The van der Waals surface area contributed by atoms with Crippen molar-refractivity contribution < 1.29 is 9.90 Å². The van der Waals surface area contributed by atoms with E-state index in [0.29, 0.717) is 41.9 Å². The van der Waals surface area contributed by atoms with Gasteiger partial charge in [-0.05, 0) is 19.1 Å². The number of amides is 1. The minimum Gasteiger partial charge on any atom is -0.465 e. The molecule has 0 spiro atoms. The highest BCUT2D eigenvalue weighted by molar-refractivity contribution is 6.29. The van der Waals surface area contributed by atoms with Crippen LogP contribution in [0.1, 0.15) is 6.92 Å². The van der Waals surface area contributed by atoms with E-state index in [1.54, 1.807) is 29.2 Å². The van der Waals surface area contributed by atoms with Crippen molar-refractivity contribution in [2.75, 3.05) is 29.9 Å². The Morgan fingerprint density at radius 1 is 1.33 bits per heavy atom. The molecule has 4 heterocycles. The van der Waals surface area contributed by atoms with Gasteiger partial charge in [0.1, 0.15) is 5.82 Å². The average molecular weight is 388 g/mol. The van der Waals surface area contributed by atoms with Gasteiger partial charge in [-0.2, -0.15) is 5.10 Å². The van der Waals surface area contributed by atoms with Crippen LogP contribution in [-0.2, 0) is 0 Å². The van der Waals surface area contributed by atoms with Gasteiger partial charge in [-0.25, -0.2) is 19.3 Å². The van der Waals surface area contributed by atoms with Crippen molar-refractivity contribution >= 4 is 40.5 Å². The Morgan fingerprint density at radius 2 is 2.19 bits per heavy atom. The normalized spacial score (nSPS) is 17.3. The zero-order valence-electron chi connectivity index (χ0n) is 14.6. The minimum atomic E-state index is -0.875. The number of piperazine rings is 1. The quantitative estimate of drug-likeness (QED) is 0.712. The van der Waals surface area contributed by atoms with Crippen molar-refractivity contribution in [2.45, 2.75) is 13.0 Å². The summed E-state index contributed by atoms with van der Waals surface area (Å²) in [4.78, 5) is 23.5. The molecule has 1 saturated heterocycles. The molecule has 0 radical (unpaired) electrons. The van der Waals surface area contributed by atoms with E-state index in [0.717, 1.165) is 5.69 Å². The lowest BCUT2D eigenvalue weighted by Crippen LogP contribution is -2.53. The van der Waals surface area contributed by atoms with Crippen molar-refractivity contribution in [3.05, 3.63) is 41.9 Å². The Balaban J connectivity index is 1.51. The predicted octanol–water partition coefficient (Wildman–Crippen LogP) is 2.71. The summed E-state index contributed by atoms with van der Waals surface area (Å²) in [7, 11) is 0. The molecule has 9 nitrogen and oxygen atoms in total. The fourth-order valence-corrected chi connectivity index (χ4v) is 3.45. The highest BCUT2D eigenvalue weighted by Gasteiger charge is 2.26. The number of fused-ring (bicyclic) bond motifs is 1. The van der Waals surface area contributed by atoms with Crippen LogP contribution in [0.15, 0.2) is 36.8 Å². The molecule has 0 bridgehead atoms. The van der Waals surface area contributed by atoms with Gasteiger partial charge < -0.3 is 20.2 Å². The first-order valence-electron chi connectivity index (χ1n) is 8.49. The SMILES string of the molecule is CC1CN(C(=O)O)CCN1c1ccc(Nc2cc(Cl)nn3ccnc23)nc1. The van der Waals surface area contributed by atoms with E-state index in [-0.39, 0.29) is 6.04 Å². The van der Waals surface area contributed by atoms with Gasteiger partial charge in [0.2, 0.25) is 0 Å². The third-order valence-corrected chi connectivity index (χ3v) is 4.75. The number of imidazole rings is 1. The predicted molar refractivity (Wildman–Crippen MR) is 102 cm³/mol. The molecule has 0 aromatic carbocycles. The molecule has 0 aliphatic carbocycles. The first kappa shape index (κ1) is 17.3. The Labute approximate surface area is 160 Å². The van der Waals surface area contributed by atoms with E-state index in [1.165, 1.54) is 4.90 Å². The molecule has 1 atom stereocenters. The number of carbonyl (C=O) groups is 1. The number of aromatic nitrogens is 4. The lowest BCUT2D eigenvalue weighted by molar-refractivity contribution is 0.136. The van der Waals surface area contributed by atoms with Crippen LogP contribution in [0.5, 0.6) is 0 Å². The molecule has 10 heteroatoms. The monoisotopic (exact) mass is 387 g/mol. The van der Waals surface area contributed by atoms with Crippen LogP contribution in [-0.4, -0.2) is 61.4 Å². The average Bonchev–Trinajstić information content (AvgIpc) is 3.11. The number of anilines is 3. The highest BCUT2D eigenvalue weighted by atomic mass is 35.5. The van der Waals surface area contributed by atoms with Gasteiger partial charge in [0.05, 0.1) is 17.6 Å². The van der Waals surface area contributed by atoms with Gasteiger partial charge >= 0.3 is 6.09 Å². The van der Waals surface area contributed by atoms with Crippen LogP contribution in [0, 0.1) is 0 Å². The fraction of sp³-hybridized carbons (Fsp3) is 0.294. The summed E-state index contributed by atoms with van der Waals surface area (Å²) in [5, 5.41) is 16.8. The van der Waals surface area contributed by atoms with Gasteiger partial charge in [0, 0.05) is 44.1 Å². The van der Waals surface area contributed by atoms with Gasteiger partial charge in [0.15, 0.2) is 10.8 Å². The topological polar surface area (TPSA) is 98.9 Å².